The summed E-state index contributed by atoms with van der Waals surface area (Å²) in [7, 11) is -1.73. The fraction of sp³-hybridized carbons (Fsp3) is 0.350. The third-order valence-electron chi connectivity index (χ3n) is 5.06. The van der Waals surface area contributed by atoms with Crippen LogP contribution in [0.15, 0.2) is 30.3 Å². The molecule has 31 heavy (non-hydrogen) atoms. The Hall–Kier alpha value is -2.76. The molecule has 1 amide bonds. The van der Waals surface area contributed by atoms with Gasteiger partial charge in [0.15, 0.2) is 5.13 Å². The molecule has 1 aliphatic heterocycles. The molecule has 164 valence electrons. The SMILES string of the molecule is COc1cccc(-c2cc(C(=O)Nc3nc4c(s3)CN(S(=O)(=O)C(C)C)CC4)[nH]n2)c1. The molecule has 2 N–H and O–H groups in total. The summed E-state index contributed by atoms with van der Waals surface area (Å²) in [6.07, 6.45) is 0.525. The van der Waals surface area contributed by atoms with Gasteiger partial charge in [0.1, 0.15) is 11.4 Å². The first-order valence-corrected chi connectivity index (χ1v) is 12.1. The summed E-state index contributed by atoms with van der Waals surface area (Å²) in [4.78, 5) is 18.0. The van der Waals surface area contributed by atoms with Gasteiger partial charge in [-0.25, -0.2) is 13.4 Å². The zero-order valence-electron chi connectivity index (χ0n) is 17.4. The van der Waals surface area contributed by atoms with Crippen molar-refractivity contribution >= 4 is 32.4 Å². The van der Waals surface area contributed by atoms with Crippen LogP contribution in [0.3, 0.4) is 0 Å². The minimum atomic E-state index is -3.33. The average Bonchev–Trinajstić information content (AvgIpc) is 3.40. The van der Waals surface area contributed by atoms with Crippen LogP contribution in [0.2, 0.25) is 0 Å². The second-order valence-corrected chi connectivity index (χ2v) is 11.0. The monoisotopic (exact) mass is 461 g/mol. The van der Waals surface area contributed by atoms with Gasteiger partial charge in [0.2, 0.25) is 10.0 Å². The molecule has 0 bridgehead atoms. The van der Waals surface area contributed by atoms with Gasteiger partial charge in [0, 0.05) is 30.0 Å². The van der Waals surface area contributed by atoms with E-state index in [0.717, 1.165) is 16.1 Å². The highest BCUT2D eigenvalue weighted by atomic mass is 32.2. The Labute approximate surface area is 184 Å². The molecule has 4 rings (SSSR count). The molecule has 3 heterocycles. The van der Waals surface area contributed by atoms with Crippen LogP contribution in [-0.4, -0.2) is 52.7 Å². The van der Waals surface area contributed by atoms with Crippen LogP contribution in [0.25, 0.3) is 11.3 Å². The Morgan fingerprint density at radius 3 is 2.87 bits per heavy atom. The molecule has 0 spiro atoms. The number of amides is 1. The lowest BCUT2D eigenvalue weighted by Gasteiger charge is -2.26. The lowest BCUT2D eigenvalue weighted by Crippen LogP contribution is -2.39. The van der Waals surface area contributed by atoms with Crippen molar-refractivity contribution in [1.29, 1.82) is 0 Å². The van der Waals surface area contributed by atoms with Crippen molar-refractivity contribution in [2.45, 2.75) is 32.1 Å². The summed E-state index contributed by atoms with van der Waals surface area (Å²) < 4.78 is 31.6. The number of thiazole rings is 1. The molecule has 3 aromatic rings. The van der Waals surface area contributed by atoms with Gasteiger partial charge in [0.05, 0.1) is 23.7 Å². The zero-order chi connectivity index (χ0) is 22.2. The normalized spacial score (nSPS) is 14.5. The second-order valence-electron chi connectivity index (χ2n) is 7.42. The maximum Gasteiger partial charge on any atom is 0.275 e. The number of methoxy groups -OCH3 is 1. The van der Waals surface area contributed by atoms with Crippen LogP contribution in [0.5, 0.6) is 5.75 Å². The molecule has 0 saturated carbocycles. The van der Waals surface area contributed by atoms with Gasteiger partial charge in [0.25, 0.3) is 5.91 Å². The summed E-state index contributed by atoms with van der Waals surface area (Å²) in [6.45, 7) is 4.03. The molecule has 2 aromatic heterocycles. The number of anilines is 1. The molecular weight excluding hydrogens is 438 g/mol. The third-order valence-corrected chi connectivity index (χ3v) is 8.28. The smallest absolute Gasteiger partial charge is 0.275 e. The first-order valence-electron chi connectivity index (χ1n) is 9.76. The highest BCUT2D eigenvalue weighted by Crippen LogP contribution is 2.30. The molecule has 0 atom stereocenters. The topological polar surface area (TPSA) is 117 Å². The van der Waals surface area contributed by atoms with E-state index in [1.165, 1.54) is 15.6 Å². The van der Waals surface area contributed by atoms with Gasteiger partial charge >= 0.3 is 0 Å². The average molecular weight is 462 g/mol. The fourth-order valence-corrected chi connectivity index (χ4v) is 5.63. The summed E-state index contributed by atoms with van der Waals surface area (Å²) in [6, 6.07) is 9.07. The van der Waals surface area contributed by atoms with E-state index in [9.17, 15) is 13.2 Å². The fourth-order valence-electron chi connectivity index (χ4n) is 3.27. The molecular formula is C20H23N5O4S2. The predicted octanol–water partition coefficient (Wildman–Crippen LogP) is 2.89. The lowest BCUT2D eigenvalue weighted by molar-refractivity contribution is 0.102. The Kier molecular flexibility index (Phi) is 5.82. The van der Waals surface area contributed by atoms with Crippen LogP contribution in [0.4, 0.5) is 5.13 Å². The molecule has 0 saturated heterocycles. The maximum absolute atomic E-state index is 12.7. The quantitative estimate of drug-likeness (QED) is 0.583. The van der Waals surface area contributed by atoms with Crippen molar-refractivity contribution in [2.24, 2.45) is 0 Å². The first kappa shape index (κ1) is 21.5. The van der Waals surface area contributed by atoms with Gasteiger partial charge in [-0.2, -0.15) is 9.40 Å². The van der Waals surface area contributed by atoms with E-state index in [1.54, 1.807) is 27.0 Å². The lowest BCUT2D eigenvalue weighted by atomic mass is 10.1. The number of carbonyl (C=O) groups is 1. The summed E-state index contributed by atoms with van der Waals surface area (Å²) >= 11 is 1.30. The number of carbonyl (C=O) groups excluding carboxylic acids is 1. The molecule has 1 aromatic carbocycles. The van der Waals surface area contributed by atoms with Gasteiger partial charge in [-0.05, 0) is 32.0 Å². The number of aromatic amines is 1. The first-order chi connectivity index (χ1) is 14.8. The summed E-state index contributed by atoms with van der Waals surface area (Å²) in [5.74, 6) is 0.341. The van der Waals surface area contributed by atoms with Crippen LogP contribution in [-0.2, 0) is 23.0 Å². The third kappa shape index (κ3) is 4.34. The number of fused-ring (bicyclic) bond motifs is 1. The Morgan fingerprint density at radius 2 is 2.13 bits per heavy atom. The molecule has 0 aliphatic carbocycles. The number of benzene rings is 1. The Balaban J connectivity index is 1.47. The van der Waals surface area contributed by atoms with E-state index in [0.29, 0.717) is 35.2 Å². The number of nitrogens with zero attached hydrogens (tertiary/aromatic N) is 3. The van der Waals surface area contributed by atoms with E-state index in [1.807, 2.05) is 24.3 Å². The van der Waals surface area contributed by atoms with E-state index in [2.05, 4.69) is 20.5 Å². The minimum absolute atomic E-state index is 0.285. The van der Waals surface area contributed by atoms with Crippen molar-refractivity contribution in [3.63, 3.8) is 0 Å². The standard InChI is InChI=1S/C20H23N5O4S2/c1-12(2)31(27,28)25-8-7-15-18(11-25)30-20(21-15)22-19(26)17-10-16(23-24-17)13-5-4-6-14(9-13)29-3/h4-6,9-10,12H,7-8,11H2,1-3H3,(H,23,24)(H,21,22,26). The number of ether oxygens (including phenoxy) is 1. The number of H-pyrrole nitrogens is 1. The van der Waals surface area contributed by atoms with Crippen molar-refractivity contribution < 1.29 is 17.9 Å². The molecule has 0 radical (unpaired) electrons. The van der Waals surface area contributed by atoms with Gasteiger partial charge in [-0.15, -0.1) is 11.3 Å². The summed E-state index contributed by atoms with van der Waals surface area (Å²) in [5.41, 5.74) is 2.58. The van der Waals surface area contributed by atoms with Crippen LogP contribution in [0.1, 0.15) is 34.9 Å². The van der Waals surface area contributed by atoms with E-state index in [-0.39, 0.29) is 12.5 Å². The van der Waals surface area contributed by atoms with Crippen molar-refractivity contribution in [2.75, 3.05) is 19.0 Å². The Bertz CT molecular complexity index is 1220. The second kappa shape index (κ2) is 8.40. The highest BCUT2D eigenvalue weighted by molar-refractivity contribution is 7.89. The number of nitrogens with one attached hydrogen (secondary N) is 2. The van der Waals surface area contributed by atoms with Crippen molar-refractivity contribution in [1.82, 2.24) is 19.5 Å². The molecule has 0 fully saturated rings. The molecule has 1 aliphatic rings. The van der Waals surface area contributed by atoms with E-state index >= 15 is 0 Å². The Morgan fingerprint density at radius 1 is 1.32 bits per heavy atom. The number of aromatic nitrogens is 3. The minimum Gasteiger partial charge on any atom is -0.497 e. The van der Waals surface area contributed by atoms with Gasteiger partial charge in [-0.1, -0.05) is 12.1 Å². The predicted molar refractivity (Wildman–Crippen MR) is 119 cm³/mol. The van der Waals surface area contributed by atoms with Crippen LogP contribution in [0, 0.1) is 0 Å². The van der Waals surface area contributed by atoms with Gasteiger partial charge in [-0.3, -0.25) is 15.2 Å². The number of hydrogen-bond acceptors (Lipinski definition) is 7. The van der Waals surface area contributed by atoms with Crippen molar-refractivity contribution in [3.8, 4) is 17.0 Å². The maximum atomic E-state index is 12.7. The van der Waals surface area contributed by atoms with Gasteiger partial charge < -0.3 is 4.74 Å². The number of rotatable bonds is 6. The van der Waals surface area contributed by atoms with Crippen LogP contribution < -0.4 is 10.1 Å². The number of hydrogen-bond donors (Lipinski definition) is 2. The van der Waals surface area contributed by atoms with E-state index < -0.39 is 15.3 Å². The largest absolute Gasteiger partial charge is 0.497 e. The highest BCUT2D eigenvalue weighted by Gasteiger charge is 2.31. The summed E-state index contributed by atoms with van der Waals surface area (Å²) in [5, 5.41) is 9.71. The molecule has 0 unspecified atom stereocenters. The number of sulfonamides is 1. The van der Waals surface area contributed by atoms with Crippen LogP contribution >= 0.6 is 11.3 Å². The van der Waals surface area contributed by atoms with E-state index in [4.69, 9.17) is 4.74 Å². The van der Waals surface area contributed by atoms with Crippen molar-refractivity contribution in [3.05, 3.63) is 46.6 Å². The zero-order valence-corrected chi connectivity index (χ0v) is 19.0. The molecule has 11 heteroatoms. The molecule has 9 nitrogen and oxygen atoms in total.